The van der Waals surface area contributed by atoms with Gasteiger partial charge in [0.25, 0.3) is 0 Å². The van der Waals surface area contributed by atoms with Gasteiger partial charge in [-0.2, -0.15) is 0 Å². The van der Waals surface area contributed by atoms with Gasteiger partial charge >= 0.3 is 5.69 Å². The zero-order chi connectivity index (χ0) is 12.4. The molecule has 0 bridgehead atoms. The Labute approximate surface area is 99.9 Å². The number of benzene rings is 1. The summed E-state index contributed by atoms with van der Waals surface area (Å²) in [7, 11) is 0. The zero-order valence-corrected chi connectivity index (χ0v) is 10.3. The van der Waals surface area contributed by atoms with Gasteiger partial charge in [-0.3, -0.25) is 0 Å². The number of fused-ring (bicyclic) bond motifs is 1. The first-order chi connectivity index (χ1) is 8.10. The van der Waals surface area contributed by atoms with Crippen molar-refractivity contribution in [1.29, 1.82) is 0 Å². The molecular weight excluding hydrogens is 212 g/mol. The number of nitrogens with one attached hydrogen (secondary N) is 2. The SMILES string of the molecule is C/C=C(\C=C(C)C)c1ccc2[nH]c(=O)[nH]c2c1. The summed E-state index contributed by atoms with van der Waals surface area (Å²) < 4.78 is 0. The van der Waals surface area contributed by atoms with Gasteiger partial charge in [0.2, 0.25) is 0 Å². The average molecular weight is 228 g/mol. The number of aromatic amines is 2. The normalized spacial score (nSPS) is 11.8. The summed E-state index contributed by atoms with van der Waals surface area (Å²) in [5, 5.41) is 0. The summed E-state index contributed by atoms with van der Waals surface area (Å²) in [5.41, 5.74) is 5.04. The van der Waals surface area contributed by atoms with Crippen LogP contribution in [0.25, 0.3) is 16.6 Å². The maximum atomic E-state index is 11.2. The first-order valence-electron chi connectivity index (χ1n) is 5.64. The van der Waals surface area contributed by atoms with Crippen molar-refractivity contribution in [3.63, 3.8) is 0 Å². The highest BCUT2D eigenvalue weighted by atomic mass is 16.1. The second-order valence-corrected chi connectivity index (χ2v) is 4.31. The third-order valence-corrected chi connectivity index (χ3v) is 2.60. The van der Waals surface area contributed by atoms with E-state index in [1.54, 1.807) is 0 Å². The molecule has 17 heavy (non-hydrogen) atoms. The highest BCUT2D eigenvalue weighted by Crippen LogP contribution is 2.20. The van der Waals surface area contributed by atoms with Crippen LogP contribution in [0.2, 0.25) is 0 Å². The van der Waals surface area contributed by atoms with Crippen molar-refractivity contribution in [3.8, 4) is 0 Å². The molecule has 1 heterocycles. The summed E-state index contributed by atoms with van der Waals surface area (Å²) in [6, 6.07) is 5.92. The molecule has 0 aliphatic heterocycles. The summed E-state index contributed by atoms with van der Waals surface area (Å²) in [6.07, 6.45) is 4.20. The number of H-pyrrole nitrogens is 2. The van der Waals surface area contributed by atoms with E-state index in [0.29, 0.717) is 0 Å². The molecule has 3 nitrogen and oxygen atoms in total. The maximum absolute atomic E-state index is 11.2. The fourth-order valence-corrected chi connectivity index (χ4v) is 1.86. The number of imidazole rings is 1. The molecule has 1 aromatic heterocycles. The molecule has 2 rings (SSSR count). The first kappa shape index (κ1) is 11.5. The molecule has 2 aromatic rings. The van der Waals surface area contributed by atoms with Crippen LogP contribution in [-0.2, 0) is 0 Å². The van der Waals surface area contributed by atoms with E-state index < -0.39 is 0 Å². The Morgan fingerprint density at radius 2 is 1.88 bits per heavy atom. The summed E-state index contributed by atoms with van der Waals surface area (Å²) >= 11 is 0. The van der Waals surface area contributed by atoms with E-state index in [1.807, 2.05) is 25.1 Å². The Kier molecular flexibility index (Phi) is 3.00. The van der Waals surface area contributed by atoms with Gasteiger partial charge in [-0.05, 0) is 44.0 Å². The van der Waals surface area contributed by atoms with Crippen LogP contribution in [0.1, 0.15) is 26.3 Å². The monoisotopic (exact) mass is 228 g/mol. The smallest absolute Gasteiger partial charge is 0.306 e. The third kappa shape index (κ3) is 2.38. The quantitative estimate of drug-likeness (QED) is 0.762. The Morgan fingerprint density at radius 3 is 2.53 bits per heavy atom. The van der Waals surface area contributed by atoms with Gasteiger partial charge < -0.3 is 9.97 Å². The first-order valence-corrected chi connectivity index (χ1v) is 5.64. The van der Waals surface area contributed by atoms with E-state index in [0.717, 1.165) is 22.2 Å². The molecular formula is C14H16N2O. The van der Waals surface area contributed by atoms with Crippen molar-refractivity contribution in [2.45, 2.75) is 20.8 Å². The molecule has 88 valence electrons. The molecule has 1 aromatic carbocycles. The van der Waals surface area contributed by atoms with Gasteiger partial charge in [0, 0.05) is 0 Å². The molecule has 0 spiro atoms. The minimum atomic E-state index is -0.165. The molecule has 0 aliphatic rings. The largest absolute Gasteiger partial charge is 0.323 e. The third-order valence-electron chi connectivity index (χ3n) is 2.60. The molecule has 2 N–H and O–H groups in total. The van der Waals surface area contributed by atoms with Gasteiger partial charge in [0.05, 0.1) is 11.0 Å². The molecule has 0 saturated heterocycles. The van der Waals surface area contributed by atoms with Crippen molar-refractivity contribution < 1.29 is 0 Å². The van der Waals surface area contributed by atoms with Gasteiger partial charge in [-0.1, -0.05) is 23.8 Å². The summed E-state index contributed by atoms with van der Waals surface area (Å²) in [5.74, 6) is 0. The molecule has 0 atom stereocenters. The van der Waals surface area contributed by atoms with Crippen molar-refractivity contribution in [1.82, 2.24) is 9.97 Å². The van der Waals surface area contributed by atoms with E-state index >= 15 is 0 Å². The van der Waals surface area contributed by atoms with Crippen LogP contribution in [-0.4, -0.2) is 9.97 Å². The maximum Gasteiger partial charge on any atom is 0.323 e. The Morgan fingerprint density at radius 1 is 1.18 bits per heavy atom. The Balaban J connectivity index is 2.55. The lowest BCUT2D eigenvalue weighted by atomic mass is 10.0. The van der Waals surface area contributed by atoms with Gasteiger partial charge in [0.1, 0.15) is 0 Å². The van der Waals surface area contributed by atoms with Gasteiger partial charge in [0.15, 0.2) is 0 Å². The highest BCUT2D eigenvalue weighted by Gasteiger charge is 2.02. The summed E-state index contributed by atoms with van der Waals surface area (Å²) in [4.78, 5) is 16.7. The van der Waals surface area contributed by atoms with E-state index in [-0.39, 0.29) is 5.69 Å². The van der Waals surface area contributed by atoms with E-state index in [1.165, 1.54) is 5.57 Å². The van der Waals surface area contributed by atoms with Gasteiger partial charge in [-0.15, -0.1) is 0 Å². The lowest BCUT2D eigenvalue weighted by Crippen LogP contribution is -1.99. The van der Waals surface area contributed by atoms with Crippen LogP contribution in [0.3, 0.4) is 0 Å². The number of hydrogen-bond acceptors (Lipinski definition) is 1. The minimum absolute atomic E-state index is 0.165. The molecule has 0 saturated carbocycles. The lowest BCUT2D eigenvalue weighted by Gasteiger charge is -2.03. The minimum Gasteiger partial charge on any atom is -0.306 e. The van der Waals surface area contributed by atoms with Crippen molar-refractivity contribution in [2.75, 3.05) is 0 Å². The number of allylic oxidation sites excluding steroid dienone is 4. The second-order valence-electron chi connectivity index (χ2n) is 4.31. The molecule has 0 unspecified atom stereocenters. The van der Waals surface area contributed by atoms with Crippen molar-refractivity contribution in [3.05, 3.63) is 52.0 Å². The molecule has 3 heteroatoms. The van der Waals surface area contributed by atoms with Crippen LogP contribution >= 0.6 is 0 Å². The number of hydrogen-bond donors (Lipinski definition) is 2. The lowest BCUT2D eigenvalue weighted by molar-refractivity contribution is 1.21. The van der Waals surface area contributed by atoms with Crippen LogP contribution in [0.4, 0.5) is 0 Å². The average Bonchev–Trinajstić information content (AvgIpc) is 2.64. The van der Waals surface area contributed by atoms with Crippen LogP contribution in [0.15, 0.2) is 40.7 Å². The van der Waals surface area contributed by atoms with E-state index in [9.17, 15) is 4.79 Å². The number of rotatable bonds is 2. The van der Waals surface area contributed by atoms with E-state index in [2.05, 4.69) is 36.0 Å². The standard InChI is InChI=1S/C14H16N2O/c1-4-10(7-9(2)3)11-5-6-12-13(8-11)16-14(17)15-12/h4-8H,1-3H3,(H2,15,16,17)/b10-4+. The fourth-order valence-electron chi connectivity index (χ4n) is 1.86. The van der Waals surface area contributed by atoms with Crippen LogP contribution in [0, 0.1) is 0 Å². The van der Waals surface area contributed by atoms with Crippen LogP contribution in [0.5, 0.6) is 0 Å². The van der Waals surface area contributed by atoms with Crippen molar-refractivity contribution in [2.24, 2.45) is 0 Å². The highest BCUT2D eigenvalue weighted by molar-refractivity contribution is 5.83. The van der Waals surface area contributed by atoms with Gasteiger partial charge in [-0.25, -0.2) is 4.79 Å². The van der Waals surface area contributed by atoms with E-state index in [4.69, 9.17) is 0 Å². The zero-order valence-electron chi connectivity index (χ0n) is 10.3. The predicted octanol–water partition coefficient (Wildman–Crippen LogP) is 3.23. The Hall–Kier alpha value is -2.03. The Bertz CT molecular complexity index is 652. The predicted molar refractivity (Wildman–Crippen MR) is 72.0 cm³/mol. The van der Waals surface area contributed by atoms with Crippen LogP contribution < -0.4 is 5.69 Å². The topological polar surface area (TPSA) is 48.6 Å². The second kappa shape index (κ2) is 4.45. The molecule has 0 amide bonds. The fraction of sp³-hybridized carbons (Fsp3) is 0.214. The molecule has 0 fully saturated rings. The molecule has 0 aliphatic carbocycles. The van der Waals surface area contributed by atoms with Crippen molar-refractivity contribution >= 4 is 16.6 Å². The summed E-state index contributed by atoms with van der Waals surface area (Å²) in [6.45, 7) is 6.15. The number of aromatic nitrogens is 2. The molecule has 0 radical (unpaired) electrons.